The van der Waals surface area contributed by atoms with E-state index in [2.05, 4.69) is 51.3 Å². The van der Waals surface area contributed by atoms with Crippen LogP contribution in [0.4, 0.5) is 0 Å². The third-order valence-corrected chi connectivity index (χ3v) is 4.90. The molecule has 1 saturated heterocycles. The molecule has 21 heavy (non-hydrogen) atoms. The first-order chi connectivity index (χ1) is 9.80. The Bertz CT molecular complexity index is 278. The van der Waals surface area contributed by atoms with Gasteiger partial charge in [0.2, 0.25) is 0 Å². The van der Waals surface area contributed by atoms with Gasteiger partial charge in [-0.15, -0.1) is 0 Å². The van der Waals surface area contributed by atoms with E-state index < -0.39 is 0 Å². The molecule has 1 unspecified atom stereocenters. The van der Waals surface area contributed by atoms with E-state index in [-0.39, 0.29) is 5.54 Å². The first-order valence-electron chi connectivity index (χ1n) is 9.00. The fraction of sp³-hybridized carbons (Fsp3) is 1.00. The maximum absolute atomic E-state index is 6.32. The van der Waals surface area contributed by atoms with Crippen LogP contribution in [0.5, 0.6) is 0 Å². The van der Waals surface area contributed by atoms with Crippen LogP contribution in [-0.2, 0) is 0 Å². The Labute approximate surface area is 133 Å². The molecule has 0 amide bonds. The average Bonchev–Trinajstić information content (AvgIpc) is 2.60. The van der Waals surface area contributed by atoms with Crippen molar-refractivity contribution >= 4 is 0 Å². The number of rotatable bonds is 7. The molecule has 1 atom stereocenters. The van der Waals surface area contributed by atoms with Crippen LogP contribution in [0.25, 0.3) is 0 Å². The molecule has 0 bridgehead atoms. The predicted molar refractivity (Wildman–Crippen MR) is 93.6 cm³/mol. The maximum atomic E-state index is 6.32. The van der Waals surface area contributed by atoms with Crippen molar-refractivity contribution < 1.29 is 0 Å². The van der Waals surface area contributed by atoms with Crippen LogP contribution in [0, 0.1) is 11.8 Å². The Kier molecular flexibility index (Phi) is 7.66. The molecule has 0 aromatic heterocycles. The molecule has 0 aromatic carbocycles. The number of nitrogens with two attached hydrogens (primary N) is 1. The van der Waals surface area contributed by atoms with E-state index in [0.29, 0.717) is 17.9 Å². The third-order valence-electron chi connectivity index (χ3n) is 4.90. The van der Waals surface area contributed by atoms with Gasteiger partial charge in [-0.3, -0.25) is 4.90 Å². The van der Waals surface area contributed by atoms with Crippen molar-refractivity contribution in [2.75, 3.05) is 32.7 Å². The van der Waals surface area contributed by atoms with Gasteiger partial charge in [-0.25, -0.2) is 0 Å². The van der Waals surface area contributed by atoms with E-state index in [4.69, 9.17) is 5.73 Å². The molecule has 1 aliphatic heterocycles. The van der Waals surface area contributed by atoms with Gasteiger partial charge in [-0.1, -0.05) is 27.7 Å². The minimum atomic E-state index is 0.220. The molecule has 0 radical (unpaired) electrons. The van der Waals surface area contributed by atoms with E-state index >= 15 is 0 Å². The van der Waals surface area contributed by atoms with Crippen molar-refractivity contribution in [2.45, 2.75) is 72.4 Å². The van der Waals surface area contributed by atoms with E-state index in [1.54, 1.807) is 0 Å². The second kappa shape index (κ2) is 8.50. The molecule has 0 spiro atoms. The summed E-state index contributed by atoms with van der Waals surface area (Å²) >= 11 is 0. The topological polar surface area (TPSA) is 32.5 Å². The number of hydrogen-bond donors (Lipinski definition) is 1. The molecule has 0 aliphatic carbocycles. The van der Waals surface area contributed by atoms with E-state index in [0.717, 1.165) is 6.54 Å². The van der Waals surface area contributed by atoms with E-state index in [9.17, 15) is 0 Å². The molecule has 0 saturated carbocycles. The Hall–Kier alpha value is -0.120. The van der Waals surface area contributed by atoms with Gasteiger partial charge in [-0.2, -0.15) is 0 Å². The van der Waals surface area contributed by atoms with Gasteiger partial charge < -0.3 is 10.6 Å². The summed E-state index contributed by atoms with van der Waals surface area (Å²) in [6, 6.07) is 0.655. The lowest BCUT2D eigenvalue weighted by Gasteiger charge is -2.45. The monoisotopic (exact) mass is 297 g/mol. The van der Waals surface area contributed by atoms with Crippen LogP contribution in [-0.4, -0.2) is 54.1 Å². The Balaban J connectivity index is 2.87. The van der Waals surface area contributed by atoms with Gasteiger partial charge in [0.05, 0.1) is 0 Å². The van der Waals surface area contributed by atoms with Crippen molar-refractivity contribution in [3.8, 4) is 0 Å². The van der Waals surface area contributed by atoms with Crippen molar-refractivity contribution in [3.63, 3.8) is 0 Å². The second-order valence-corrected chi connectivity index (χ2v) is 8.10. The van der Waals surface area contributed by atoms with E-state index in [1.807, 2.05) is 0 Å². The summed E-state index contributed by atoms with van der Waals surface area (Å²) < 4.78 is 0. The molecule has 1 fully saturated rings. The first kappa shape index (κ1) is 18.9. The lowest BCUT2D eigenvalue weighted by Crippen LogP contribution is -2.56. The minimum Gasteiger partial charge on any atom is -0.329 e. The highest BCUT2D eigenvalue weighted by atomic mass is 15.2. The molecule has 1 heterocycles. The van der Waals surface area contributed by atoms with Crippen molar-refractivity contribution in [2.24, 2.45) is 17.6 Å². The predicted octanol–water partition coefficient (Wildman–Crippen LogP) is 3.19. The zero-order chi connectivity index (χ0) is 16.0. The summed E-state index contributed by atoms with van der Waals surface area (Å²) in [5.74, 6) is 1.41. The highest BCUT2D eigenvalue weighted by molar-refractivity contribution is 4.95. The molecule has 1 aliphatic rings. The summed E-state index contributed by atoms with van der Waals surface area (Å²) in [5, 5.41) is 0. The molecule has 1 rings (SSSR count). The fourth-order valence-corrected chi connectivity index (χ4v) is 3.71. The molecular formula is C18H39N3. The average molecular weight is 298 g/mol. The highest BCUT2D eigenvalue weighted by Gasteiger charge is 2.37. The summed E-state index contributed by atoms with van der Waals surface area (Å²) in [7, 11) is 0. The van der Waals surface area contributed by atoms with Crippen molar-refractivity contribution in [3.05, 3.63) is 0 Å². The smallest absolute Gasteiger partial charge is 0.0344 e. The number of nitrogens with zero attached hydrogens (tertiary/aromatic N) is 2. The molecular weight excluding hydrogens is 258 g/mol. The van der Waals surface area contributed by atoms with Gasteiger partial charge in [0.15, 0.2) is 0 Å². The Morgan fingerprint density at radius 1 is 0.952 bits per heavy atom. The summed E-state index contributed by atoms with van der Waals surface area (Å²) in [4.78, 5) is 5.35. The lowest BCUT2D eigenvalue weighted by atomic mass is 9.86. The van der Waals surface area contributed by atoms with Crippen molar-refractivity contribution in [1.82, 2.24) is 9.80 Å². The molecule has 0 aromatic rings. The third kappa shape index (κ3) is 5.54. The highest BCUT2D eigenvalue weighted by Crippen LogP contribution is 2.30. The molecule has 126 valence electrons. The van der Waals surface area contributed by atoms with Crippen molar-refractivity contribution in [1.29, 1.82) is 0 Å². The van der Waals surface area contributed by atoms with Crippen LogP contribution in [0.2, 0.25) is 0 Å². The van der Waals surface area contributed by atoms with Crippen LogP contribution in [0.1, 0.15) is 60.8 Å². The van der Waals surface area contributed by atoms with Crippen LogP contribution < -0.4 is 5.73 Å². The van der Waals surface area contributed by atoms with Gasteiger partial charge in [0.1, 0.15) is 0 Å². The van der Waals surface area contributed by atoms with Crippen LogP contribution >= 0.6 is 0 Å². The van der Waals surface area contributed by atoms with Crippen LogP contribution in [0.15, 0.2) is 0 Å². The lowest BCUT2D eigenvalue weighted by molar-refractivity contribution is 0.0536. The SMILES string of the molecule is CC(C)CN(CC(C)C)C1(CN)CCCN(C(C)C)CC1. The van der Waals surface area contributed by atoms with Gasteiger partial charge in [-0.05, 0) is 51.5 Å². The Morgan fingerprint density at radius 2 is 1.52 bits per heavy atom. The van der Waals surface area contributed by atoms with Gasteiger partial charge >= 0.3 is 0 Å². The molecule has 3 heteroatoms. The van der Waals surface area contributed by atoms with Gasteiger partial charge in [0, 0.05) is 37.8 Å². The summed E-state index contributed by atoms with van der Waals surface area (Å²) in [6.07, 6.45) is 3.76. The standard InChI is InChI=1S/C18H39N3/c1-15(2)12-21(13-16(3)4)18(14-19)8-7-10-20(11-9-18)17(5)6/h15-17H,7-14,19H2,1-6H3. The number of hydrogen-bond acceptors (Lipinski definition) is 3. The summed E-state index contributed by atoms with van der Waals surface area (Å²) in [5.41, 5.74) is 6.54. The maximum Gasteiger partial charge on any atom is 0.0344 e. The molecule has 3 nitrogen and oxygen atoms in total. The quantitative estimate of drug-likeness (QED) is 0.783. The fourth-order valence-electron chi connectivity index (χ4n) is 3.71. The first-order valence-corrected chi connectivity index (χ1v) is 9.00. The second-order valence-electron chi connectivity index (χ2n) is 8.10. The number of likely N-dealkylation sites (tertiary alicyclic amines) is 1. The van der Waals surface area contributed by atoms with E-state index in [1.165, 1.54) is 45.4 Å². The zero-order valence-corrected chi connectivity index (χ0v) is 15.4. The zero-order valence-electron chi connectivity index (χ0n) is 15.4. The van der Waals surface area contributed by atoms with Gasteiger partial charge in [0.25, 0.3) is 0 Å². The Morgan fingerprint density at radius 3 is 1.95 bits per heavy atom. The van der Waals surface area contributed by atoms with Crippen LogP contribution in [0.3, 0.4) is 0 Å². The molecule has 2 N–H and O–H groups in total. The normalized spacial score (nSPS) is 25.3. The minimum absolute atomic E-state index is 0.220. The summed E-state index contributed by atoms with van der Waals surface area (Å²) in [6.45, 7) is 19.5. The largest absolute Gasteiger partial charge is 0.329 e.